The molecule has 0 aromatic heterocycles. The highest BCUT2D eigenvalue weighted by molar-refractivity contribution is 9.10. The molecule has 3 rings (SSSR count). The molecule has 3 atom stereocenters. The van der Waals surface area contributed by atoms with Crippen molar-refractivity contribution < 1.29 is 0 Å². The number of nitrogens with two attached hydrogens (primary N) is 1. The van der Waals surface area contributed by atoms with E-state index in [1.165, 1.54) is 23.1 Å². The summed E-state index contributed by atoms with van der Waals surface area (Å²) in [5.41, 5.74) is 10.4. The molecule has 19 heavy (non-hydrogen) atoms. The van der Waals surface area contributed by atoms with Crippen LogP contribution in [0.25, 0.3) is 0 Å². The minimum Gasteiger partial charge on any atom is -0.324 e. The summed E-state index contributed by atoms with van der Waals surface area (Å²) >= 11 is 3.56. The summed E-state index contributed by atoms with van der Waals surface area (Å²) in [5, 5.41) is 0. The summed E-state index contributed by atoms with van der Waals surface area (Å²) in [5.74, 6) is 1.21. The van der Waals surface area contributed by atoms with Gasteiger partial charge in [0.25, 0.3) is 0 Å². The van der Waals surface area contributed by atoms with E-state index < -0.39 is 0 Å². The van der Waals surface area contributed by atoms with Gasteiger partial charge in [0, 0.05) is 10.5 Å². The molecule has 2 aromatic carbocycles. The van der Waals surface area contributed by atoms with Crippen LogP contribution < -0.4 is 5.73 Å². The molecule has 1 saturated carbocycles. The number of aryl methyl sites for hydroxylation is 1. The van der Waals surface area contributed by atoms with E-state index in [2.05, 4.69) is 71.4 Å². The Morgan fingerprint density at radius 2 is 1.89 bits per heavy atom. The highest BCUT2D eigenvalue weighted by Gasteiger charge is 2.42. The van der Waals surface area contributed by atoms with Gasteiger partial charge in [0.1, 0.15) is 0 Å². The molecule has 0 aliphatic heterocycles. The molecule has 2 heteroatoms. The fourth-order valence-electron chi connectivity index (χ4n) is 2.90. The van der Waals surface area contributed by atoms with Crippen LogP contribution in [0.3, 0.4) is 0 Å². The Kier molecular flexibility index (Phi) is 3.46. The standard InChI is InChI=1S/C17H18BrN/c1-11-7-13(9-14(18)8-11)17(19)16-10-15(16)12-5-3-2-4-6-12/h2-9,15-17H,10,19H2,1H3. The molecule has 0 heterocycles. The Morgan fingerprint density at radius 3 is 2.58 bits per heavy atom. The zero-order chi connectivity index (χ0) is 13.4. The van der Waals surface area contributed by atoms with Crippen LogP contribution in [0.5, 0.6) is 0 Å². The third-order valence-corrected chi connectivity index (χ3v) is 4.44. The van der Waals surface area contributed by atoms with Crippen LogP contribution in [0.2, 0.25) is 0 Å². The van der Waals surface area contributed by atoms with Gasteiger partial charge in [0.15, 0.2) is 0 Å². The van der Waals surface area contributed by atoms with Gasteiger partial charge in [-0.25, -0.2) is 0 Å². The Labute approximate surface area is 123 Å². The van der Waals surface area contributed by atoms with Gasteiger partial charge in [-0.1, -0.05) is 52.3 Å². The molecule has 98 valence electrons. The summed E-state index contributed by atoms with van der Waals surface area (Å²) in [7, 11) is 0. The van der Waals surface area contributed by atoms with Crippen molar-refractivity contribution in [3.63, 3.8) is 0 Å². The highest BCUT2D eigenvalue weighted by atomic mass is 79.9. The Balaban J connectivity index is 1.78. The third-order valence-electron chi connectivity index (χ3n) is 3.98. The third kappa shape index (κ3) is 2.75. The lowest BCUT2D eigenvalue weighted by Crippen LogP contribution is -2.13. The smallest absolute Gasteiger partial charge is 0.0330 e. The maximum atomic E-state index is 6.44. The quantitative estimate of drug-likeness (QED) is 0.882. The highest BCUT2D eigenvalue weighted by Crippen LogP contribution is 2.53. The van der Waals surface area contributed by atoms with Gasteiger partial charge in [-0.2, -0.15) is 0 Å². The molecule has 0 spiro atoms. The molecule has 1 aliphatic carbocycles. The van der Waals surface area contributed by atoms with Gasteiger partial charge in [0.05, 0.1) is 0 Å². The van der Waals surface area contributed by atoms with Crippen molar-refractivity contribution in [3.8, 4) is 0 Å². The predicted molar refractivity (Wildman–Crippen MR) is 83.1 cm³/mol. The van der Waals surface area contributed by atoms with Gasteiger partial charge in [-0.3, -0.25) is 0 Å². The fraction of sp³-hybridized carbons (Fsp3) is 0.294. The number of hydrogen-bond acceptors (Lipinski definition) is 1. The monoisotopic (exact) mass is 315 g/mol. The number of halogens is 1. The summed E-state index contributed by atoms with van der Waals surface area (Å²) in [6, 6.07) is 17.3. The van der Waals surface area contributed by atoms with Crippen LogP contribution in [-0.4, -0.2) is 0 Å². The van der Waals surface area contributed by atoms with Gasteiger partial charge in [-0.05, 0) is 54.0 Å². The average molecular weight is 316 g/mol. The molecular formula is C17H18BrN. The van der Waals surface area contributed by atoms with E-state index in [4.69, 9.17) is 5.73 Å². The van der Waals surface area contributed by atoms with Crippen LogP contribution in [0.15, 0.2) is 53.0 Å². The maximum absolute atomic E-state index is 6.44. The van der Waals surface area contributed by atoms with E-state index in [0.717, 1.165) is 4.47 Å². The van der Waals surface area contributed by atoms with Crippen molar-refractivity contribution >= 4 is 15.9 Å². The summed E-state index contributed by atoms with van der Waals surface area (Å²) in [6.07, 6.45) is 1.21. The molecule has 0 radical (unpaired) electrons. The predicted octanol–water partition coefficient (Wildman–Crippen LogP) is 4.56. The number of benzene rings is 2. The molecule has 0 saturated heterocycles. The summed E-state index contributed by atoms with van der Waals surface area (Å²) in [6.45, 7) is 2.11. The normalized spacial score (nSPS) is 23.1. The van der Waals surface area contributed by atoms with Crippen LogP contribution >= 0.6 is 15.9 Å². The Morgan fingerprint density at radius 1 is 1.16 bits per heavy atom. The van der Waals surface area contributed by atoms with Crippen molar-refractivity contribution in [2.24, 2.45) is 11.7 Å². The Hall–Kier alpha value is -1.12. The molecule has 2 N–H and O–H groups in total. The van der Waals surface area contributed by atoms with E-state index in [0.29, 0.717) is 11.8 Å². The fourth-order valence-corrected chi connectivity index (χ4v) is 3.52. The first-order valence-electron chi connectivity index (χ1n) is 6.73. The van der Waals surface area contributed by atoms with Crippen LogP contribution in [0.1, 0.15) is 35.1 Å². The number of rotatable bonds is 3. The lowest BCUT2D eigenvalue weighted by Gasteiger charge is -2.13. The van der Waals surface area contributed by atoms with E-state index in [1.807, 2.05) is 0 Å². The van der Waals surface area contributed by atoms with Gasteiger partial charge in [0.2, 0.25) is 0 Å². The van der Waals surface area contributed by atoms with Crippen LogP contribution in [0, 0.1) is 12.8 Å². The number of hydrogen-bond donors (Lipinski definition) is 1. The van der Waals surface area contributed by atoms with Crippen molar-refractivity contribution in [1.29, 1.82) is 0 Å². The lowest BCUT2D eigenvalue weighted by molar-refractivity contribution is 0.615. The van der Waals surface area contributed by atoms with Crippen molar-refractivity contribution in [1.82, 2.24) is 0 Å². The van der Waals surface area contributed by atoms with Crippen molar-refractivity contribution in [2.45, 2.75) is 25.3 Å². The molecule has 1 aliphatic rings. The van der Waals surface area contributed by atoms with Crippen LogP contribution in [-0.2, 0) is 0 Å². The second-order valence-electron chi connectivity index (χ2n) is 5.50. The lowest BCUT2D eigenvalue weighted by atomic mass is 9.98. The van der Waals surface area contributed by atoms with Crippen molar-refractivity contribution in [2.75, 3.05) is 0 Å². The van der Waals surface area contributed by atoms with Gasteiger partial charge < -0.3 is 5.73 Å². The maximum Gasteiger partial charge on any atom is 0.0330 e. The van der Waals surface area contributed by atoms with E-state index in [1.54, 1.807) is 0 Å². The van der Waals surface area contributed by atoms with Crippen molar-refractivity contribution in [3.05, 3.63) is 69.7 Å². The molecule has 0 amide bonds. The molecule has 0 bridgehead atoms. The average Bonchev–Trinajstić information content (AvgIpc) is 3.18. The molecule has 1 nitrogen and oxygen atoms in total. The zero-order valence-corrected chi connectivity index (χ0v) is 12.6. The molecule has 2 aromatic rings. The minimum absolute atomic E-state index is 0.140. The van der Waals surface area contributed by atoms with E-state index >= 15 is 0 Å². The van der Waals surface area contributed by atoms with Gasteiger partial charge >= 0.3 is 0 Å². The zero-order valence-electron chi connectivity index (χ0n) is 11.0. The summed E-state index contributed by atoms with van der Waals surface area (Å²) in [4.78, 5) is 0. The van der Waals surface area contributed by atoms with Crippen LogP contribution in [0.4, 0.5) is 0 Å². The largest absolute Gasteiger partial charge is 0.324 e. The first kappa shape index (κ1) is 12.9. The molecule has 3 unspecified atom stereocenters. The van der Waals surface area contributed by atoms with E-state index in [-0.39, 0.29) is 6.04 Å². The minimum atomic E-state index is 0.140. The van der Waals surface area contributed by atoms with E-state index in [9.17, 15) is 0 Å². The molecule has 1 fully saturated rings. The topological polar surface area (TPSA) is 26.0 Å². The second-order valence-corrected chi connectivity index (χ2v) is 6.42. The second kappa shape index (κ2) is 5.10. The SMILES string of the molecule is Cc1cc(Br)cc(C(N)C2CC2c2ccccc2)c1. The first-order chi connectivity index (χ1) is 9.15. The summed E-state index contributed by atoms with van der Waals surface area (Å²) < 4.78 is 1.12. The molecular weight excluding hydrogens is 298 g/mol. The van der Waals surface area contributed by atoms with Gasteiger partial charge in [-0.15, -0.1) is 0 Å². The first-order valence-corrected chi connectivity index (χ1v) is 7.52. The Bertz CT molecular complexity index is 559.